The Bertz CT molecular complexity index is 227. The van der Waals surface area contributed by atoms with Crippen LogP contribution in [-0.2, 0) is 13.8 Å². The molecule has 0 aliphatic rings. The van der Waals surface area contributed by atoms with Crippen molar-refractivity contribution in [2.24, 2.45) is 0 Å². The molecule has 0 radical (unpaired) electrons. The van der Waals surface area contributed by atoms with Crippen LogP contribution in [0.4, 0.5) is 0 Å². The highest BCUT2D eigenvalue weighted by Gasteiger charge is 1.98. The molecule has 5 heteroatoms. The minimum atomic E-state index is -3.51. The van der Waals surface area contributed by atoms with Gasteiger partial charge in [-0.25, -0.2) is 0 Å². The molecule has 0 spiro atoms. The molecule has 0 aliphatic carbocycles. The van der Waals surface area contributed by atoms with Crippen LogP contribution >= 0.6 is 7.60 Å². The molecule has 0 rings (SSSR count). The number of hydrogen-bond donors (Lipinski definition) is 0. The maximum atomic E-state index is 10.7. The first-order chi connectivity index (χ1) is 9.06. The zero-order chi connectivity index (χ0) is 14.4. The lowest BCUT2D eigenvalue weighted by Crippen LogP contribution is -2.03. The van der Waals surface area contributed by atoms with Crippen LogP contribution in [0.2, 0.25) is 0 Å². The zero-order valence-corrected chi connectivity index (χ0v) is 13.5. The minimum Gasteiger partial charge on any atom is -0.779 e. The predicted octanol–water partition coefficient (Wildman–Crippen LogP) is 3.73. The minimum absolute atomic E-state index is 0.344. The lowest BCUT2D eigenvalue weighted by atomic mass is 10.1. The molecular formula is C14H30O4P-. The van der Waals surface area contributed by atoms with Crippen LogP contribution in [0.3, 0.4) is 0 Å². The standard InChI is InChI=1S/C14H31O4P/c1-17-13-11-9-7-5-3-4-6-8-10-12-14-18-19(2,15)16/h3-14H2,1-2H3,(H,15,16)/p-1. The summed E-state index contributed by atoms with van der Waals surface area (Å²) >= 11 is 0. The Hall–Kier alpha value is 0.110. The second-order valence-electron chi connectivity index (χ2n) is 5.13. The van der Waals surface area contributed by atoms with Crippen molar-refractivity contribution in [3.8, 4) is 0 Å². The topological polar surface area (TPSA) is 58.6 Å². The predicted molar refractivity (Wildman–Crippen MR) is 77.5 cm³/mol. The van der Waals surface area contributed by atoms with Crippen molar-refractivity contribution in [2.75, 3.05) is 27.0 Å². The van der Waals surface area contributed by atoms with Gasteiger partial charge in [0.05, 0.1) is 6.61 Å². The Balaban J connectivity index is 3.01. The van der Waals surface area contributed by atoms with Gasteiger partial charge in [-0.2, -0.15) is 0 Å². The smallest absolute Gasteiger partial charge is 0.131 e. The molecule has 0 aliphatic heterocycles. The maximum Gasteiger partial charge on any atom is 0.131 e. The fourth-order valence-electron chi connectivity index (χ4n) is 1.99. The summed E-state index contributed by atoms with van der Waals surface area (Å²) < 4.78 is 20.4. The van der Waals surface area contributed by atoms with E-state index in [0.29, 0.717) is 6.61 Å². The van der Waals surface area contributed by atoms with Gasteiger partial charge < -0.3 is 18.7 Å². The van der Waals surface area contributed by atoms with Gasteiger partial charge in [0.25, 0.3) is 0 Å². The van der Waals surface area contributed by atoms with Gasteiger partial charge in [-0.15, -0.1) is 0 Å². The van der Waals surface area contributed by atoms with Crippen molar-refractivity contribution in [1.29, 1.82) is 0 Å². The van der Waals surface area contributed by atoms with E-state index in [4.69, 9.17) is 9.26 Å². The quantitative estimate of drug-likeness (QED) is 0.361. The van der Waals surface area contributed by atoms with E-state index in [1.165, 1.54) is 51.4 Å². The highest BCUT2D eigenvalue weighted by Crippen LogP contribution is 2.31. The summed E-state index contributed by atoms with van der Waals surface area (Å²) in [6.45, 7) is 2.35. The number of methoxy groups -OCH3 is 1. The zero-order valence-electron chi connectivity index (χ0n) is 12.6. The molecule has 1 atom stereocenters. The van der Waals surface area contributed by atoms with Gasteiger partial charge in [0.1, 0.15) is 7.60 Å². The molecule has 0 saturated carbocycles. The fourth-order valence-corrected chi connectivity index (χ4v) is 2.45. The normalized spacial score (nSPS) is 14.5. The maximum absolute atomic E-state index is 10.7. The number of rotatable bonds is 14. The summed E-state index contributed by atoms with van der Waals surface area (Å²) in [5, 5.41) is 0. The summed E-state index contributed by atoms with van der Waals surface area (Å²) in [6, 6.07) is 0. The monoisotopic (exact) mass is 293 g/mol. The molecule has 0 saturated heterocycles. The molecule has 1 unspecified atom stereocenters. The molecule has 0 heterocycles. The van der Waals surface area contributed by atoms with E-state index in [1.54, 1.807) is 7.11 Å². The Morgan fingerprint density at radius 3 is 1.53 bits per heavy atom. The van der Waals surface area contributed by atoms with Crippen molar-refractivity contribution >= 4 is 7.60 Å². The first-order valence-corrected chi connectivity index (χ1v) is 9.47. The second-order valence-corrected chi connectivity index (χ2v) is 6.93. The molecule has 0 aromatic rings. The Labute approximate surface area is 118 Å². The van der Waals surface area contributed by atoms with Crippen LogP contribution in [0.15, 0.2) is 0 Å². The average Bonchev–Trinajstić information content (AvgIpc) is 2.34. The third-order valence-corrected chi connectivity index (χ3v) is 3.72. The summed E-state index contributed by atoms with van der Waals surface area (Å²) in [6.07, 6.45) is 12.0. The van der Waals surface area contributed by atoms with Crippen LogP contribution in [0, 0.1) is 0 Å². The summed E-state index contributed by atoms with van der Waals surface area (Å²) in [4.78, 5) is 10.7. The van der Waals surface area contributed by atoms with Crippen LogP contribution in [0.25, 0.3) is 0 Å². The first kappa shape index (κ1) is 19.1. The number of unbranched alkanes of at least 4 members (excludes halogenated alkanes) is 9. The highest BCUT2D eigenvalue weighted by atomic mass is 31.2. The lowest BCUT2D eigenvalue weighted by Gasteiger charge is -2.17. The van der Waals surface area contributed by atoms with E-state index in [-0.39, 0.29) is 0 Å². The Morgan fingerprint density at radius 1 is 0.789 bits per heavy atom. The van der Waals surface area contributed by atoms with E-state index < -0.39 is 7.60 Å². The highest BCUT2D eigenvalue weighted by molar-refractivity contribution is 7.50. The summed E-state index contributed by atoms with van der Waals surface area (Å²) in [7, 11) is -1.76. The van der Waals surface area contributed by atoms with Crippen LogP contribution in [-0.4, -0.2) is 27.0 Å². The van der Waals surface area contributed by atoms with E-state index in [0.717, 1.165) is 26.1 Å². The van der Waals surface area contributed by atoms with Gasteiger partial charge >= 0.3 is 0 Å². The van der Waals surface area contributed by atoms with Crippen molar-refractivity contribution in [3.63, 3.8) is 0 Å². The number of ether oxygens (including phenoxy) is 1. The van der Waals surface area contributed by atoms with E-state index in [2.05, 4.69) is 0 Å². The van der Waals surface area contributed by atoms with Gasteiger partial charge in [0.2, 0.25) is 0 Å². The van der Waals surface area contributed by atoms with Gasteiger partial charge in [0.15, 0.2) is 0 Å². The molecule has 0 amide bonds. The number of hydrogen-bond acceptors (Lipinski definition) is 4. The summed E-state index contributed by atoms with van der Waals surface area (Å²) in [5.41, 5.74) is 0. The third kappa shape index (κ3) is 18.1. The molecular weight excluding hydrogens is 263 g/mol. The molecule has 0 aromatic heterocycles. The molecule has 4 nitrogen and oxygen atoms in total. The van der Waals surface area contributed by atoms with Crippen molar-refractivity contribution in [1.82, 2.24) is 0 Å². The SMILES string of the molecule is COCCCCCCCCCCCCOP(C)(=O)[O-]. The van der Waals surface area contributed by atoms with Crippen molar-refractivity contribution in [3.05, 3.63) is 0 Å². The fraction of sp³-hybridized carbons (Fsp3) is 1.00. The van der Waals surface area contributed by atoms with E-state index in [1.807, 2.05) is 0 Å². The van der Waals surface area contributed by atoms with Crippen LogP contribution in [0.1, 0.15) is 64.2 Å². The molecule has 0 bridgehead atoms. The van der Waals surface area contributed by atoms with Gasteiger partial charge in [0, 0.05) is 20.4 Å². The molecule has 0 aromatic carbocycles. The lowest BCUT2D eigenvalue weighted by molar-refractivity contribution is -0.196. The first-order valence-electron chi connectivity index (χ1n) is 7.48. The third-order valence-electron chi connectivity index (χ3n) is 3.07. The van der Waals surface area contributed by atoms with Gasteiger partial charge in [-0.05, 0) is 12.8 Å². The van der Waals surface area contributed by atoms with Crippen LogP contribution < -0.4 is 4.89 Å². The summed E-state index contributed by atoms with van der Waals surface area (Å²) in [5.74, 6) is 0. The molecule has 0 fully saturated rings. The van der Waals surface area contributed by atoms with E-state index >= 15 is 0 Å². The average molecular weight is 293 g/mol. The molecule has 116 valence electrons. The van der Waals surface area contributed by atoms with Crippen molar-refractivity contribution < 1.29 is 18.7 Å². The van der Waals surface area contributed by atoms with Gasteiger partial charge in [-0.1, -0.05) is 51.4 Å². The van der Waals surface area contributed by atoms with Crippen molar-refractivity contribution in [2.45, 2.75) is 64.2 Å². The van der Waals surface area contributed by atoms with E-state index in [9.17, 15) is 9.46 Å². The Morgan fingerprint density at radius 2 is 1.16 bits per heavy atom. The second kappa shape index (κ2) is 13.1. The van der Waals surface area contributed by atoms with Gasteiger partial charge in [-0.3, -0.25) is 0 Å². The largest absolute Gasteiger partial charge is 0.779 e. The Kier molecular flexibility index (Phi) is 13.2. The molecule has 19 heavy (non-hydrogen) atoms. The van der Waals surface area contributed by atoms with Crippen LogP contribution in [0.5, 0.6) is 0 Å². The molecule has 0 N–H and O–H groups in total.